The van der Waals surface area contributed by atoms with Gasteiger partial charge in [-0.3, -0.25) is 0 Å². The van der Waals surface area contributed by atoms with Gasteiger partial charge in [-0.2, -0.15) is 0 Å². The average molecular weight is 291 g/mol. The smallest absolute Gasteiger partial charge is 0.170 e. The Morgan fingerprint density at radius 2 is 2.14 bits per heavy atom. The molecule has 1 saturated heterocycles. The molecule has 1 saturated carbocycles. The van der Waals surface area contributed by atoms with Crippen LogP contribution in [0.5, 0.6) is 0 Å². The van der Waals surface area contributed by atoms with Gasteiger partial charge in [0.2, 0.25) is 0 Å². The van der Waals surface area contributed by atoms with E-state index >= 15 is 0 Å². The number of rotatable bonds is 4. The Hall–Kier alpha value is -1.16. The molecule has 1 aromatic rings. The Balaban J connectivity index is 1.72. The lowest BCUT2D eigenvalue weighted by molar-refractivity contribution is 0.325. The van der Waals surface area contributed by atoms with Crippen molar-refractivity contribution in [2.24, 2.45) is 5.41 Å². The van der Waals surface area contributed by atoms with Crippen molar-refractivity contribution in [2.75, 3.05) is 18.0 Å². The second-order valence-electron chi connectivity index (χ2n) is 7.27. The van der Waals surface area contributed by atoms with Crippen molar-refractivity contribution >= 4 is 5.82 Å². The highest BCUT2D eigenvalue weighted by Crippen LogP contribution is 2.32. The van der Waals surface area contributed by atoms with Gasteiger partial charge in [-0.15, -0.1) is 0 Å². The van der Waals surface area contributed by atoms with E-state index in [0.717, 1.165) is 31.5 Å². The number of nitrogens with zero attached hydrogens (tertiary/aromatic N) is 2. The molecule has 0 atom stereocenters. The quantitative estimate of drug-likeness (QED) is 0.920. The van der Waals surface area contributed by atoms with Gasteiger partial charge < -0.3 is 10.2 Å². The summed E-state index contributed by atoms with van der Waals surface area (Å²) < 4.78 is 14.7. The van der Waals surface area contributed by atoms with Crippen LogP contribution in [-0.2, 0) is 6.54 Å². The number of aromatic nitrogens is 1. The minimum Gasteiger partial charge on any atom is -0.354 e. The van der Waals surface area contributed by atoms with Crippen LogP contribution in [0.3, 0.4) is 0 Å². The molecule has 0 amide bonds. The molecule has 0 spiro atoms. The van der Waals surface area contributed by atoms with Crippen molar-refractivity contribution in [3.8, 4) is 0 Å². The van der Waals surface area contributed by atoms with Crippen LogP contribution in [0.1, 0.15) is 51.5 Å². The first kappa shape index (κ1) is 14.8. The van der Waals surface area contributed by atoms with Crippen molar-refractivity contribution in [1.82, 2.24) is 10.3 Å². The molecule has 116 valence electrons. The molecular formula is C17H26FN3. The van der Waals surface area contributed by atoms with Gasteiger partial charge >= 0.3 is 0 Å². The number of halogens is 1. The van der Waals surface area contributed by atoms with E-state index in [-0.39, 0.29) is 5.82 Å². The van der Waals surface area contributed by atoms with E-state index in [1.165, 1.54) is 19.3 Å². The molecule has 1 aliphatic heterocycles. The first-order valence-corrected chi connectivity index (χ1v) is 8.17. The molecule has 3 nitrogen and oxygen atoms in total. The Labute approximate surface area is 126 Å². The van der Waals surface area contributed by atoms with Crippen LogP contribution in [0.4, 0.5) is 10.2 Å². The third-order valence-electron chi connectivity index (χ3n) is 4.75. The number of nitrogens with one attached hydrogen (secondary N) is 1. The number of hydrogen-bond donors (Lipinski definition) is 1. The van der Waals surface area contributed by atoms with E-state index in [2.05, 4.69) is 29.0 Å². The standard InChI is InChI=1S/C17H26FN3/c1-17(2)7-3-10-21(11-8-17)16-15(18)13(6-9-19-16)12-20-14-4-5-14/h6,9,14,20H,3-5,7-8,10-12H2,1-2H3. The van der Waals surface area contributed by atoms with Gasteiger partial charge in [-0.1, -0.05) is 13.8 Å². The largest absolute Gasteiger partial charge is 0.354 e. The molecule has 4 heteroatoms. The van der Waals surface area contributed by atoms with Gasteiger partial charge in [0, 0.05) is 37.4 Å². The zero-order chi connectivity index (χ0) is 14.9. The van der Waals surface area contributed by atoms with Crippen LogP contribution >= 0.6 is 0 Å². The maximum atomic E-state index is 14.7. The monoisotopic (exact) mass is 291 g/mol. The molecule has 21 heavy (non-hydrogen) atoms. The SMILES string of the molecule is CC1(C)CCCN(c2nccc(CNC3CC3)c2F)CC1. The Morgan fingerprint density at radius 3 is 2.90 bits per heavy atom. The summed E-state index contributed by atoms with van der Waals surface area (Å²) in [4.78, 5) is 6.45. The van der Waals surface area contributed by atoms with Crippen LogP contribution in [0, 0.1) is 11.2 Å². The van der Waals surface area contributed by atoms with Gasteiger partial charge in [-0.25, -0.2) is 9.37 Å². The van der Waals surface area contributed by atoms with E-state index in [4.69, 9.17) is 0 Å². The molecule has 1 aromatic heterocycles. The Morgan fingerprint density at radius 1 is 1.33 bits per heavy atom. The summed E-state index contributed by atoms with van der Waals surface area (Å²) in [6.07, 6.45) is 7.60. The fraction of sp³-hybridized carbons (Fsp3) is 0.706. The zero-order valence-electron chi connectivity index (χ0n) is 13.2. The summed E-state index contributed by atoms with van der Waals surface area (Å²) in [5.74, 6) is 0.410. The molecule has 1 N–H and O–H groups in total. The van der Waals surface area contributed by atoms with Crippen molar-refractivity contribution in [3.05, 3.63) is 23.6 Å². The fourth-order valence-corrected chi connectivity index (χ4v) is 3.00. The summed E-state index contributed by atoms with van der Waals surface area (Å²) in [6.45, 7) is 7.03. The predicted molar refractivity (Wildman–Crippen MR) is 83.9 cm³/mol. The maximum Gasteiger partial charge on any atom is 0.170 e. The van der Waals surface area contributed by atoms with Gasteiger partial charge in [0.1, 0.15) is 0 Å². The summed E-state index contributed by atoms with van der Waals surface area (Å²) in [7, 11) is 0. The second-order valence-corrected chi connectivity index (χ2v) is 7.27. The lowest BCUT2D eigenvalue weighted by Gasteiger charge is -2.24. The lowest BCUT2D eigenvalue weighted by atomic mass is 9.85. The van der Waals surface area contributed by atoms with E-state index in [0.29, 0.717) is 23.8 Å². The Bertz CT molecular complexity index is 497. The maximum absolute atomic E-state index is 14.7. The summed E-state index contributed by atoms with van der Waals surface area (Å²) in [5.41, 5.74) is 1.10. The lowest BCUT2D eigenvalue weighted by Crippen LogP contribution is -2.27. The van der Waals surface area contributed by atoms with E-state index < -0.39 is 0 Å². The van der Waals surface area contributed by atoms with Crippen LogP contribution in [0.15, 0.2) is 12.3 Å². The normalized spacial score (nSPS) is 22.1. The molecule has 1 aliphatic carbocycles. The highest BCUT2D eigenvalue weighted by atomic mass is 19.1. The topological polar surface area (TPSA) is 28.2 Å². The number of pyridine rings is 1. The van der Waals surface area contributed by atoms with Crippen molar-refractivity contribution in [1.29, 1.82) is 0 Å². The minimum atomic E-state index is -0.134. The summed E-state index contributed by atoms with van der Waals surface area (Å²) in [6, 6.07) is 2.40. The van der Waals surface area contributed by atoms with Crippen molar-refractivity contribution < 1.29 is 4.39 Å². The van der Waals surface area contributed by atoms with E-state index in [1.807, 2.05) is 0 Å². The van der Waals surface area contributed by atoms with Gasteiger partial charge in [0.15, 0.2) is 11.6 Å². The first-order chi connectivity index (χ1) is 10.1. The van der Waals surface area contributed by atoms with E-state index in [1.54, 1.807) is 12.3 Å². The Kier molecular flexibility index (Phi) is 4.16. The minimum absolute atomic E-state index is 0.134. The second kappa shape index (κ2) is 5.91. The molecule has 2 heterocycles. The highest BCUT2D eigenvalue weighted by molar-refractivity contribution is 5.43. The number of anilines is 1. The summed E-state index contributed by atoms with van der Waals surface area (Å²) in [5, 5.41) is 3.38. The van der Waals surface area contributed by atoms with Crippen LogP contribution in [0.25, 0.3) is 0 Å². The third kappa shape index (κ3) is 3.73. The molecule has 0 radical (unpaired) electrons. The highest BCUT2D eigenvalue weighted by Gasteiger charge is 2.26. The van der Waals surface area contributed by atoms with Crippen LogP contribution < -0.4 is 10.2 Å². The predicted octanol–water partition coefficient (Wildman–Crippen LogP) is 3.49. The molecule has 2 aliphatic rings. The van der Waals surface area contributed by atoms with Crippen LogP contribution in [-0.4, -0.2) is 24.1 Å². The van der Waals surface area contributed by atoms with Crippen molar-refractivity contribution in [2.45, 2.75) is 58.5 Å². The van der Waals surface area contributed by atoms with Gasteiger partial charge in [-0.05, 0) is 43.6 Å². The van der Waals surface area contributed by atoms with E-state index in [9.17, 15) is 4.39 Å². The molecule has 2 fully saturated rings. The fourth-order valence-electron chi connectivity index (χ4n) is 3.00. The number of hydrogen-bond acceptors (Lipinski definition) is 3. The molecule has 3 rings (SSSR count). The molecule has 0 aromatic carbocycles. The van der Waals surface area contributed by atoms with Crippen LogP contribution in [0.2, 0.25) is 0 Å². The van der Waals surface area contributed by atoms with Gasteiger partial charge in [0.05, 0.1) is 0 Å². The van der Waals surface area contributed by atoms with Gasteiger partial charge in [0.25, 0.3) is 0 Å². The molecule has 0 unspecified atom stereocenters. The average Bonchev–Trinajstić information content (AvgIpc) is 3.26. The molecule has 0 bridgehead atoms. The zero-order valence-corrected chi connectivity index (χ0v) is 13.2. The molecular weight excluding hydrogens is 265 g/mol. The summed E-state index contributed by atoms with van der Waals surface area (Å²) >= 11 is 0. The first-order valence-electron chi connectivity index (χ1n) is 8.17. The third-order valence-corrected chi connectivity index (χ3v) is 4.75. The van der Waals surface area contributed by atoms with Crippen molar-refractivity contribution in [3.63, 3.8) is 0 Å².